The molecule has 0 aliphatic carbocycles. The molecule has 0 aliphatic heterocycles. The van der Waals surface area contributed by atoms with Gasteiger partial charge in [-0.25, -0.2) is 4.39 Å². The maximum atomic E-state index is 12.5. The third kappa shape index (κ3) is 4.30. The average Bonchev–Trinajstić information content (AvgIpc) is 2.83. The van der Waals surface area contributed by atoms with Crippen LogP contribution in [-0.4, -0.2) is 13.3 Å². The minimum Gasteiger partial charge on any atom is -0.491 e. The molecule has 0 atom stereocenters. The minimum atomic E-state index is -1.95. The van der Waals surface area contributed by atoms with Crippen molar-refractivity contribution in [2.24, 2.45) is 0 Å². The molecule has 0 spiro atoms. The highest BCUT2D eigenvalue weighted by Gasteiger charge is 2.45. The van der Waals surface area contributed by atoms with Gasteiger partial charge in [0.25, 0.3) is 0 Å². The summed E-state index contributed by atoms with van der Waals surface area (Å²) in [7, 11) is -1.95. The topological polar surface area (TPSA) is 9.23 Å². The Bertz CT molecular complexity index is 995. The molecule has 0 aromatic heterocycles. The average molecular weight is 415 g/mol. The van der Waals surface area contributed by atoms with E-state index in [0.717, 1.165) is 6.16 Å². The first kappa shape index (κ1) is 20.3. The van der Waals surface area contributed by atoms with Gasteiger partial charge in [-0.05, 0) is 54.1 Å². The Balaban J connectivity index is 1.90. The SMILES string of the molecule is FCCOc1ccc([P+](Cc2ccccc2)(c2ccccc2)c2ccccc2)cc1. The summed E-state index contributed by atoms with van der Waals surface area (Å²) in [5.41, 5.74) is 1.32. The summed E-state index contributed by atoms with van der Waals surface area (Å²) < 4.78 is 18.0. The van der Waals surface area contributed by atoms with E-state index >= 15 is 0 Å². The Hall–Kier alpha value is -2.96. The molecule has 0 N–H and O–H groups in total. The molecule has 0 aliphatic rings. The van der Waals surface area contributed by atoms with Crippen molar-refractivity contribution in [3.8, 4) is 5.75 Å². The van der Waals surface area contributed by atoms with Gasteiger partial charge in [-0.3, -0.25) is 0 Å². The lowest BCUT2D eigenvalue weighted by Gasteiger charge is -2.28. The molecule has 0 bridgehead atoms. The van der Waals surface area contributed by atoms with Crippen LogP contribution in [0.1, 0.15) is 5.56 Å². The van der Waals surface area contributed by atoms with Crippen LogP contribution in [0.2, 0.25) is 0 Å². The third-order valence-electron chi connectivity index (χ3n) is 5.28. The van der Waals surface area contributed by atoms with E-state index in [1.165, 1.54) is 21.5 Å². The molecule has 1 nitrogen and oxygen atoms in total. The summed E-state index contributed by atoms with van der Waals surface area (Å²) in [6.07, 6.45) is 0.937. The van der Waals surface area contributed by atoms with Crippen LogP contribution < -0.4 is 20.7 Å². The first-order chi connectivity index (χ1) is 14.8. The van der Waals surface area contributed by atoms with Gasteiger partial charge >= 0.3 is 0 Å². The Kier molecular flexibility index (Phi) is 6.57. The van der Waals surface area contributed by atoms with Crippen molar-refractivity contribution in [1.29, 1.82) is 0 Å². The predicted octanol–water partition coefficient (Wildman–Crippen LogP) is 5.53. The van der Waals surface area contributed by atoms with E-state index in [2.05, 4.69) is 103 Å². The van der Waals surface area contributed by atoms with E-state index in [-0.39, 0.29) is 6.61 Å². The van der Waals surface area contributed by atoms with Crippen LogP contribution >= 0.6 is 7.26 Å². The molecule has 0 saturated heterocycles. The van der Waals surface area contributed by atoms with Crippen LogP contribution in [0.15, 0.2) is 115 Å². The van der Waals surface area contributed by atoms with E-state index in [0.29, 0.717) is 5.75 Å². The predicted molar refractivity (Wildman–Crippen MR) is 127 cm³/mol. The molecular formula is C27H25FOP+. The molecule has 3 heteroatoms. The van der Waals surface area contributed by atoms with Gasteiger partial charge in [-0.15, -0.1) is 0 Å². The van der Waals surface area contributed by atoms with Crippen molar-refractivity contribution in [2.45, 2.75) is 6.16 Å². The molecule has 0 fully saturated rings. The standard InChI is InChI=1S/C27H25FOP/c28-20-21-29-24-16-18-27(19-17-24)30(25-12-6-2-7-13-25,26-14-8-3-9-15-26)22-23-10-4-1-5-11-23/h1-19H,20-22H2/q+1. The number of rotatable bonds is 8. The molecular weight excluding hydrogens is 390 g/mol. The van der Waals surface area contributed by atoms with Crippen molar-refractivity contribution >= 4 is 23.2 Å². The van der Waals surface area contributed by atoms with Crippen LogP contribution in [0, 0.1) is 0 Å². The fourth-order valence-corrected chi connectivity index (χ4v) is 8.12. The van der Waals surface area contributed by atoms with E-state index in [4.69, 9.17) is 4.74 Å². The fraction of sp³-hybridized carbons (Fsp3) is 0.111. The molecule has 0 unspecified atom stereocenters. The lowest BCUT2D eigenvalue weighted by Crippen LogP contribution is -2.32. The smallest absolute Gasteiger partial charge is 0.123 e. The second kappa shape index (κ2) is 9.69. The Morgan fingerprint density at radius 1 is 0.567 bits per heavy atom. The van der Waals surface area contributed by atoms with Gasteiger partial charge in [-0.2, -0.15) is 0 Å². The van der Waals surface area contributed by atoms with E-state index in [1.54, 1.807) is 0 Å². The zero-order valence-corrected chi connectivity index (χ0v) is 17.7. The van der Waals surface area contributed by atoms with Gasteiger partial charge in [0.15, 0.2) is 0 Å². The quantitative estimate of drug-likeness (QED) is 0.344. The lowest BCUT2D eigenvalue weighted by atomic mass is 10.2. The molecule has 0 radical (unpaired) electrons. The molecule has 0 amide bonds. The van der Waals surface area contributed by atoms with E-state index in [9.17, 15) is 4.39 Å². The van der Waals surface area contributed by atoms with Gasteiger partial charge in [0.1, 0.15) is 42.2 Å². The van der Waals surface area contributed by atoms with Gasteiger partial charge < -0.3 is 4.74 Å². The maximum absolute atomic E-state index is 12.5. The third-order valence-corrected chi connectivity index (χ3v) is 9.66. The van der Waals surface area contributed by atoms with Crippen molar-refractivity contribution in [2.75, 3.05) is 13.3 Å². The zero-order valence-electron chi connectivity index (χ0n) is 16.8. The molecule has 0 saturated carbocycles. The van der Waals surface area contributed by atoms with Gasteiger partial charge in [0.05, 0.1) is 6.16 Å². The Morgan fingerprint density at radius 2 is 1.03 bits per heavy atom. The Morgan fingerprint density at radius 3 is 1.53 bits per heavy atom. The Labute approximate surface area is 178 Å². The first-order valence-electron chi connectivity index (χ1n) is 10.2. The summed E-state index contributed by atoms with van der Waals surface area (Å²) in [4.78, 5) is 0. The van der Waals surface area contributed by atoms with E-state index < -0.39 is 13.9 Å². The normalized spacial score (nSPS) is 11.2. The molecule has 0 heterocycles. The van der Waals surface area contributed by atoms with Crippen molar-refractivity contribution in [3.63, 3.8) is 0 Å². The number of ether oxygens (including phenoxy) is 1. The second-order valence-corrected chi connectivity index (χ2v) is 10.6. The summed E-state index contributed by atoms with van der Waals surface area (Å²) in [5.74, 6) is 0.704. The number of benzene rings is 4. The second-order valence-electron chi connectivity index (χ2n) is 7.16. The summed E-state index contributed by atoms with van der Waals surface area (Å²) >= 11 is 0. The number of hydrogen-bond donors (Lipinski definition) is 0. The number of halogens is 1. The van der Waals surface area contributed by atoms with Gasteiger partial charge in [0, 0.05) is 0 Å². The molecule has 4 aromatic carbocycles. The number of alkyl halides is 1. The summed E-state index contributed by atoms with van der Waals surface area (Å²) in [6, 6.07) is 40.6. The first-order valence-corrected chi connectivity index (χ1v) is 12.1. The van der Waals surface area contributed by atoms with Gasteiger partial charge in [0.2, 0.25) is 0 Å². The number of hydrogen-bond acceptors (Lipinski definition) is 1. The largest absolute Gasteiger partial charge is 0.491 e. The van der Waals surface area contributed by atoms with Crippen molar-refractivity contribution in [3.05, 3.63) is 121 Å². The fourth-order valence-electron chi connectivity index (χ4n) is 3.90. The maximum Gasteiger partial charge on any atom is 0.123 e. The van der Waals surface area contributed by atoms with Crippen LogP contribution in [0.4, 0.5) is 4.39 Å². The van der Waals surface area contributed by atoms with Gasteiger partial charge in [-0.1, -0.05) is 66.7 Å². The molecule has 4 aromatic rings. The van der Waals surface area contributed by atoms with Crippen LogP contribution in [0.5, 0.6) is 5.75 Å². The highest BCUT2D eigenvalue weighted by Crippen LogP contribution is 2.58. The van der Waals surface area contributed by atoms with Crippen molar-refractivity contribution in [1.82, 2.24) is 0 Å². The van der Waals surface area contributed by atoms with Crippen LogP contribution in [0.25, 0.3) is 0 Å². The minimum absolute atomic E-state index is 0.0843. The van der Waals surface area contributed by atoms with Crippen LogP contribution in [-0.2, 0) is 6.16 Å². The summed E-state index contributed by atoms with van der Waals surface area (Å²) in [6.45, 7) is -0.401. The lowest BCUT2D eigenvalue weighted by molar-refractivity contribution is 0.273. The monoisotopic (exact) mass is 415 g/mol. The van der Waals surface area contributed by atoms with E-state index in [1.807, 2.05) is 12.1 Å². The van der Waals surface area contributed by atoms with Crippen LogP contribution in [0.3, 0.4) is 0 Å². The highest BCUT2D eigenvalue weighted by molar-refractivity contribution is 7.95. The summed E-state index contributed by atoms with van der Waals surface area (Å²) in [5, 5.41) is 3.98. The van der Waals surface area contributed by atoms with Crippen molar-refractivity contribution < 1.29 is 9.13 Å². The highest BCUT2D eigenvalue weighted by atomic mass is 31.2. The zero-order chi connectivity index (χ0) is 20.7. The molecule has 150 valence electrons. The molecule has 4 rings (SSSR count). The molecule has 30 heavy (non-hydrogen) atoms.